The number of carboxylic acid groups (broad SMARTS) is 1. The van der Waals surface area contributed by atoms with Gasteiger partial charge in [-0.2, -0.15) is 0 Å². The molecule has 0 aromatic heterocycles. The maximum absolute atomic E-state index is 12.4. The predicted octanol–water partition coefficient (Wildman–Crippen LogP) is 1.69. The summed E-state index contributed by atoms with van der Waals surface area (Å²) in [5.74, 6) is -2.80. The lowest BCUT2D eigenvalue weighted by molar-refractivity contribution is -0.144. The molecule has 1 aliphatic rings. The molecule has 1 fully saturated rings. The number of alkyl halides is 2. The van der Waals surface area contributed by atoms with Crippen LogP contribution in [-0.2, 0) is 20.8 Å². The maximum atomic E-state index is 12.4. The van der Waals surface area contributed by atoms with Gasteiger partial charge >= 0.3 is 5.97 Å². The molecule has 142 valence electrons. The third-order valence-corrected chi connectivity index (χ3v) is 4.37. The van der Waals surface area contributed by atoms with Gasteiger partial charge in [0.25, 0.3) is 0 Å². The summed E-state index contributed by atoms with van der Waals surface area (Å²) in [6.07, 6.45) is -2.46. The summed E-state index contributed by atoms with van der Waals surface area (Å²) < 4.78 is 24.9. The van der Waals surface area contributed by atoms with Crippen molar-refractivity contribution in [2.75, 3.05) is 13.1 Å². The van der Waals surface area contributed by atoms with E-state index < -0.39 is 36.7 Å². The monoisotopic (exact) mass is 368 g/mol. The first kappa shape index (κ1) is 19.8. The third-order valence-electron chi connectivity index (χ3n) is 4.37. The number of piperidine rings is 1. The number of carbonyl (C=O) groups is 3. The van der Waals surface area contributed by atoms with E-state index in [1.807, 2.05) is 30.3 Å². The summed E-state index contributed by atoms with van der Waals surface area (Å²) >= 11 is 0. The lowest BCUT2D eigenvalue weighted by atomic mass is 9.96. The second-order valence-corrected chi connectivity index (χ2v) is 6.37. The smallest absolute Gasteiger partial charge is 0.326 e. The van der Waals surface area contributed by atoms with Crippen LogP contribution in [0.2, 0.25) is 0 Å². The fourth-order valence-corrected chi connectivity index (χ4v) is 2.99. The van der Waals surface area contributed by atoms with Crippen molar-refractivity contribution in [1.29, 1.82) is 0 Å². The van der Waals surface area contributed by atoms with Crippen LogP contribution in [0.25, 0.3) is 0 Å². The molecule has 2 atom stereocenters. The Bertz CT molecular complexity index is 639. The Morgan fingerprint density at radius 3 is 2.54 bits per heavy atom. The van der Waals surface area contributed by atoms with Crippen molar-refractivity contribution in [3.05, 3.63) is 35.9 Å². The SMILES string of the molecule is O=C(NC(CC(F)F)C(=O)O)C1CCCN(C(=O)Cc2ccccc2)C1. The largest absolute Gasteiger partial charge is 0.480 e. The summed E-state index contributed by atoms with van der Waals surface area (Å²) in [4.78, 5) is 37.3. The van der Waals surface area contributed by atoms with E-state index in [-0.39, 0.29) is 18.9 Å². The van der Waals surface area contributed by atoms with Crippen LogP contribution < -0.4 is 5.32 Å². The number of halogens is 2. The van der Waals surface area contributed by atoms with Crippen LogP contribution in [0.4, 0.5) is 8.78 Å². The van der Waals surface area contributed by atoms with Crippen molar-refractivity contribution >= 4 is 17.8 Å². The van der Waals surface area contributed by atoms with Crippen LogP contribution in [0, 0.1) is 5.92 Å². The molecule has 2 rings (SSSR count). The number of hydrogen-bond donors (Lipinski definition) is 2. The minimum Gasteiger partial charge on any atom is -0.480 e. The molecule has 2 unspecified atom stereocenters. The number of carbonyl (C=O) groups excluding carboxylic acids is 2. The topological polar surface area (TPSA) is 86.7 Å². The molecule has 0 bridgehead atoms. The van der Waals surface area contributed by atoms with Crippen molar-refractivity contribution < 1.29 is 28.3 Å². The normalized spacial score (nSPS) is 18.4. The number of nitrogens with one attached hydrogen (secondary N) is 1. The van der Waals surface area contributed by atoms with E-state index in [9.17, 15) is 23.2 Å². The van der Waals surface area contributed by atoms with Crippen LogP contribution >= 0.6 is 0 Å². The molecule has 1 aromatic rings. The zero-order valence-electron chi connectivity index (χ0n) is 14.2. The molecule has 1 aliphatic heterocycles. The van der Waals surface area contributed by atoms with Gasteiger partial charge in [0.05, 0.1) is 12.3 Å². The second-order valence-electron chi connectivity index (χ2n) is 6.37. The van der Waals surface area contributed by atoms with Crippen molar-refractivity contribution in [2.45, 2.75) is 38.2 Å². The fourth-order valence-electron chi connectivity index (χ4n) is 2.99. The first-order valence-electron chi connectivity index (χ1n) is 8.50. The minimum atomic E-state index is -2.83. The Labute approximate surface area is 150 Å². The standard InChI is InChI=1S/C18H22F2N2O4/c19-15(20)10-14(18(25)26)21-17(24)13-7-4-8-22(11-13)16(23)9-12-5-2-1-3-6-12/h1-3,5-6,13-15H,4,7-11H2,(H,21,24)(H,25,26). The Hall–Kier alpha value is -2.51. The summed E-state index contributed by atoms with van der Waals surface area (Å²) in [5, 5.41) is 11.1. The molecule has 6 nitrogen and oxygen atoms in total. The fraction of sp³-hybridized carbons (Fsp3) is 0.500. The van der Waals surface area contributed by atoms with Gasteiger partial charge < -0.3 is 15.3 Å². The molecule has 1 aromatic carbocycles. The van der Waals surface area contributed by atoms with Gasteiger partial charge in [-0.25, -0.2) is 13.6 Å². The van der Waals surface area contributed by atoms with Gasteiger partial charge in [-0.05, 0) is 18.4 Å². The Morgan fingerprint density at radius 1 is 1.23 bits per heavy atom. The highest BCUT2D eigenvalue weighted by Gasteiger charge is 2.31. The summed E-state index contributed by atoms with van der Waals surface area (Å²) in [6, 6.07) is 7.58. The minimum absolute atomic E-state index is 0.115. The van der Waals surface area contributed by atoms with Gasteiger partial charge in [-0.3, -0.25) is 9.59 Å². The molecule has 0 radical (unpaired) electrons. The molecule has 1 saturated heterocycles. The van der Waals surface area contributed by atoms with E-state index in [2.05, 4.69) is 5.32 Å². The number of rotatable bonds is 7. The summed E-state index contributed by atoms with van der Waals surface area (Å²) in [7, 11) is 0. The van der Waals surface area contributed by atoms with Gasteiger partial charge in [0.1, 0.15) is 6.04 Å². The van der Waals surface area contributed by atoms with Gasteiger partial charge in [0.2, 0.25) is 18.2 Å². The Balaban J connectivity index is 1.92. The van der Waals surface area contributed by atoms with Crippen molar-refractivity contribution in [3.8, 4) is 0 Å². The molecular formula is C18H22F2N2O4. The number of carboxylic acids is 1. The first-order valence-corrected chi connectivity index (χ1v) is 8.50. The molecule has 0 saturated carbocycles. The second kappa shape index (κ2) is 9.26. The van der Waals surface area contributed by atoms with Crippen molar-refractivity contribution in [1.82, 2.24) is 10.2 Å². The number of benzene rings is 1. The van der Waals surface area contributed by atoms with Gasteiger partial charge in [0.15, 0.2) is 0 Å². The molecule has 2 amide bonds. The van der Waals surface area contributed by atoms with Crippen LogP contribution in [0.1, 0.15) is 24.8 Å². The van der Waals surface area contributed by atoms with Gasteiger partial charge in [0, 0.05) is 19.5 Å². The number of hydrogen-bond acceptors (Lipinski definition) is 3. The van der Waals surface area contributed by atoms with E-state index in [1.54, 1.807) is 4.90 Å². The lowest BCUT2D eigenvalue weighted by Gasteiger charge is -2.32. The summed E-state index contributed by atoms with van der Waals surface area (Å²) in [6.45, 7) is 0.688. The van der Waals surface area contributed by atoms with Crippen LogP contribution in [0.15, 0.2) is 30.3 Å². The maximum Gasteiger partial charge on any atom is 0.326 e. The van der Waals surface area contributed by atoms with E-state index in [0.29, 0.717) is 19.4 Å². The highest BCUT2D eigenvalue weighted by Crippen LogP contribution is 2.18. The number of amides is 2. The van der Waals surface area contributed by atoms with Crippen molar-refractivity contribution in [3.63, 3.8) is 0 Å². The van der Waals surface area contributed by atoms with Gasteiger partial charge in [-0.15, -0.1) is 0 Å². The highest BCUT2D eigenvalue weighted by molar-refractivity contribution is 5.86. The molecule has 8 heteroatoms. The number of nitrogens with zero attached hydrogens (tertiary/aromatic N) is 1. The van der Waals surface area contributed by atoms with E-state index >= 15 is 0 Å². The van der Waals surface area contributed by atoms with Crippen LogP contribution in [0.5, 0.6) is 0 Å². The Morgan fingerprint density at radius 2 is 1.92 bits per heavy atom. The summed E-state index contributed by atoms with van der Waals surface area (Å²) in [5.41, 5.74) is 0.868. The molecular weight excluding hydrogens is 346 g/mol. The molecule has 26 heavy (non-hydrogen) atoms. The highest BCUT2D eigenvalue weighted by atomic mass is 19.3. The van der Waals surface area contributed by atoms with E-state index in [4.69, 9.17) is 5.11 Å². The van der Waals surface area contributed by atoms with E-state index in [0.717, 1.165) is 5.56 Å². The number of likely N-dealkylation sites (tertiary alicyclic amines) is 1. The van der Waals surface area contributed by atoms with Crippen molar-refractivity contribution in [2.24, 2.45) is 5.92 Å². The van der Waals surface area contributed by atoms with Crippen LogP contribution in [0.3, 0.4) is 0 Å². The third kappa shape index (κ3) is 5.79. The number of aliphatic carboxylic acids is 1. The quantitative estimate of drug-likeness (QED) is 0.767. The van der Waals surface area contributed by atoms with Crippen LogP contribution in [-0.4, -0.2) is 53.3 Å². The van der Waals surface area contributed by atoms with E-state index in [1.165, 1.54) is 0 Å². The van der Waals surface area contributed by atoms with Gasteiger partial charge in [-0.1, -0.05) is 30.3 Å². The first-order chi connectivity index (χ1) is 12.4. The lowest BCUT2D eigenvalue weighted by Crippen LogP contribution is -2.50. The molecule has 0 aliphatic carbocycles. The zero-order chi connectivity index (χ0) is 19.1. The molecule has 1 heterocycles. The Kier molecular flexibility index (Phi) is 7.06. The molecule has 2 N–H and O–H groups in total. The average Bonchev–Trinajstić information content (AvgIpc) is 2.61. The average molecular weight is 368 g/mol. The molecule has 0 spiro atoms. The predicted molar refractivity (Wildman–Crippen MR) is 89.6 cm³/mol. The zero-order valence-corrected chi connectivity index (χ0v) is 14.2.